The highest BCUT2D eigenvalue weighted by Crippen LogP contribution is 2.22. The lowest BCUT2D eigenvalue weighted by molar-refractivity contribution is -0.116. The zero-order valence-corrected chi connectivity index (χ0v) is 16.8. The molecule has 2 heterocycles. The molecule has 0 fully saturated rings. The minimum absolute atomic E-state index is 0.0116. The van der Waals surface area contributed by atoms with Gasteiger partial charge in [-0.05, 0) is 37.5 Å². The van der Waals surface area contributed by atoms with Crippen molar-refractivity contribution in [3.8, 4) is 0 Å². The number of furan rings is 1. The maximum Gasteiger partial charge on any atom is 0.342 e. The van der Waals surface area contributed by atoms with Crippen LogP contribution in [0, 0.1) is 6.92 Å². The Morgan fingerprint density at radius 3 is 2.55 bits per heavy atom. The highest BCUT2D eigenvalue weighted by molar-refractivity contribution is 6.03. The van der Waals surface area contributed by atoms with E-state index >= 15 is 0 Å². The van der Waals surface area contributed by atoms with Gasteiger partial charge in [0.2, 0.25) is 11.6 Å². The van der Waals surface area contributed by atoms with Crippen LogP contribution in [0.5, 0.6) is 0 Å². The molecule has 29 heavy (non-hydrogen) atoms. The predicted octanol–water partition coefficient (Wildman–Crippen LogP) is 3.24. The number of ether oxygens (including phenoxy) is 1. The number of carbonyl (C=O) groups is 2. The fourth-order valence-electron chi connectivity index (χ4n) is 3.01. The molecule has 0 saturated carbocycles. The van der Waals surface area contributed by atoms with Gasteiger partial charge in [0, 0.05) is 5.69 Å². The van der Waals surface area contributed by atoms with Crippen molar-refractivity contribution < 1.29 is 18.7 Å². The first-order valence-electron chi connectivity index (χ1n) is 9.37. The lowest BCUT2D eigenvalue weighted by Gasteiger charge is -2.09. The molecule has 1 amide bonds. The number of amides is 1. The normalized spacial score (nSPS) is 11.1. The molecule has 3 rings (SSSR count). The van der Waals surface area contributed by atoms with E-state index < -0.39 is 11.5 Å². The molecule has 0 spiro atoms. The Bertz CT molecular complexity index is 1110. The van der Waals surface area contributed by atoms with Crippen molar-refractivity contribution in [3.05, 3.63) is 57.8 Å². The van der Waals surface area contributed by atoms with Crippen molar-refractivity contribution in [2.75, 3.05) is 11.9 Å². The number of fused-ring (bicyclic) bond motifs is 1. The zero-order valence-electron chi connectivity index (χ0n) is 16.8. The van der Waals surface area contributed by atoms with Crippen LogP contribution in [-0.2, 0) is 16.1 Å². The van der Waals surface area contributed by atoms with Crippen molar-refractivity contribution in [3.63, 3.8) is 0 Å². The summed E-state index contributed by atoms with van der Waals surface area (Å²) in [6.07, 6.45) is 1.23. The quantitative estimate of drug-likeness (QED) is 0.641. The van der Waals surface area contributed by atoms with Crippen LogP contribution in [0.4, 0.5) is 5.69 Å². The number of aryl methyl sites for hydroxylation is 1. The second-order valence-corrected chi connectivity index (χ2v) is 6.94. The van der Waals surface area contributed by atoms with Gasteiger partial charge in [-0.1, -0.05) is 26.0 Å². The van der Waals surface area contributed by atoms with E-state index in [1.165, 1.54) is 6.33 Å². The largest absolute Gasteiger partial charge is 0.462 e. The van der Waals surface area contributed by atoms with E-state index in [2.05, 4.69) is 24.1 Å². The fourth-order valence-corrected chi connectivity index (χ4v) is 3.01. The molecule has 0 unspecified atom stereocenters. The maximum atomic E-state index is 12.9. The van der Waals surface area contributed by atoms with E-state index in [9.17, 15) is 14.4 Å². The van der Waals surface area contributed by atoms with Crippen molar-refractivity contribution in [1.29, 1.82) is 0 Å². The van der Waals surface area contributed by atoms with Gasteiger partial charge in [0.05, 0.1) is 6.61 Å². The zero-order chi connectivity index (χ0) is 21.1. The first-order chi connectivity index (χ1) is 13.8. The molecule has 0 atom stereocenters. The van der Waals surface area contributed by atoms with E-state index in [1.807, 2.05) is 24.3 Å². The topological polar surface area (TPSA) is 103 Å². The van der Waals surface area contributed by atoms with Gasteiger partial charge in [-0.3, -0.25) is 14.2 Å². The van der Waals surface area contributed by atoms with Crippen LogP contribution in [0.1, 0.15) is 48.4 Å². The summed E-state index contributed by atoms with van der Waals surface area (Å²) >= 11 is 0. The van der Waals surface area contributed by atoms with Gasteiger partial charge < -0.3 is 14.5 Å². The number of nitrogens with zero attached hydrogens (tertiary/aromatic N) is 2. The summed E-state index contributed by atoms with van der Waals surface area (Å²) in [5.41, 5.74) is 1.33. The SMILES string of the molecule is CCOC(=O)c1c(C)oc2ncn(CC(=O)Nc3ccc(C(C)C)cc3)c(=O)c12. The predicted molar refractivity (Wildman–Crippen MR) is 108 cm³/mol. The second-order valence-electron chi connectivity index (χ2n) is 6.94. The molecule has 0 radical (unpaired) electrons. The molecular formula is C21H23N3O5. The Balaban J connectivity index is 1.85. The molecule has 8 nitrogen and oxygen atoms in total. The summed E-state index contributed by atoms with van der Waals surface area (Å²) < 4.78 is 11.5. The summed E-state index contributed by atoms with van der Waals surface area (Å²) in [7, 11) is 0. The number of hydrogen-bond acceptors (Lipinski definition) is 6. The standard InChI is InChI=1S/C21H23N3O5/c1-5-28-21(27)17-13(4)29-19-18(17)20(26)24(11-22-19)10-16(25)23-15-8-6-14(7-9-15)12(2)3/h6-9,11-12H,5,10H2,1-4H3,(H,23,25). The Morgan fingerprint density at radius 2 is 1.93 bits per heavy atom. The van der Waals surface area contributed by atoms with Crippen molar-refractivity contribution in [2.24, 2.45) is 0 Å². The molecule has 1 aromatic carbocycles. The number of aromatic nitrogens is 2. The van der Waals surface area contributed by atoms with Crippen LogP contribution >= 0.6 is 0 Å². The van der Waals surface area contributed by atoms with Crippen LogP contribution in [0.3, 0.4) is 0 Å². The average Bonchev–Trinajstić information content (AvgIpc) is 3.01. The van der Waals surface area contributed by atoms with Gasteiger partial charge >= 0.3 is 5.97 Å². The van der Waals surface area contributed by atoms with E-state index in [4.69, 9.17) is 9.15 Å². The van der Waals surface area contributed by atoms with E-state index in [0.29, 0.717) is 11.6 Å². The maximum absolute atomic E-state index is 12.9. The Morgan fingerprint density at radius 1 is 1.24 bits per heavy atom. The summed E-state index contributed by atoms with van der Waals surface area (Å²) in [6.45, 7) is 7.32. The first-order valence-corrected chi connectivity index (χ1v) is 9.37. The van der Waals surface area contributed by atoms with E-state index in [1.54, 1.807) is 13.8 Å². The monoisotopic (exact) mass is 397 g/mol. The summed E-state index contributed by atoms with van der Waals surface area (Å²) in [6, 6.07) is 7.52. The number of esters is 1. The summed E-state index contributed by atoms with van der Waals surface area (Å²) in [5.74, 6) is -0.405. The minimum atomic E-state index is -0.657. The van der Waals surface area contributed by atoms with Crippen LogP contribution in [0.2, 0.25) is 0 Å². The number of benzene rings is 1. The third-order valence-electron chi connectivity index (χ3n) is 4.51. The van der Waals surface area contributed by atoms with Gasteiger partial charge in [0.15, 0.2) is 0 Å². The third kappa shape index (κ3) is 4.21. The molecule has 1 N–H and O–H groups in total. The average molecular weight is 397 g/mol. The molecule has 0 aliphatic carbocycles. The highest BCUT2D eigenvalue weighted by Gasteiger charge is 2.24. The molecular weight excluding hydrogens is 374 g/mol. The number of anilines is 1. The van der Waals surface area contributed by atoms with Crippen LogP contribution in [0.15, 0.2) is 39.8 Å². The fraction of sp³-hybridized carbons (Fsp3) is 0.333. The molecule has 3 aromatic rings. The van der Waals surface area contributed by atoms with Gasteiger partial charge in [-0.2, -0.15) is 0 Å². The van der Waals surface area contributed by atoms with Gasteiger partial charge in [-0.15, -0.1) is 0 Å². The summed E-state index contributed by atoms with van der Waals surface area (Å²) in [4.78, 5) is 41.5. The molecule has 0 aliphatic rings. The molecule has 2 aromatic heterocycles. The van der Waals surface area contributed by atoms with Gasteiger partial charge in [-0.25, -0.2) is 9.78 Å². The van der Waals surface area contributed by atoms with Gasteiger partial charge in [0.25, 0.3) is 5.56 Å². The Kier molecular flexibility index (Phi) is 5.81. The highest BCUT2D eigenvalue weighted by atomic mass is 16.5. The van der Waals surface area contributed by atoms with Crippen LogP contribution < -0.4 is 10.9 Å². The van der Waals surface area contributed by atoms with Crippen molar-refractivity contribution in [2.45, 2.75) is 40.2 Å². The first kappa shape index (κ1) is 20.3. The number of rotatable bonds is 6. The molecule has 0 saturated heterocycles. The summed E-state index contributed by atoms with van der Waals surface area (Å²) in [5, 5.41) is 2.76. The number of hydrogen-bond donors (Lipinski definition) is 1. The van der Waals surface area contributed by atoms with Crippen LogP contribution in [-0.4, -0.2) is 28.0 Å². The van der Waals surface area contributed by atoms with Gasteiger partial charge in [0.1, 0.15) is 29.6 Å². The Hall–Kier alpha value is -3.42. The molecule has 0 bridgehead atoms. The number of carbonyl (C=O) groups excluding carboxylic acids is 2. The van der Waals surface area contributed by atoms with E-state index in [0.717, 1.165) is 10.1 Å². The second kappa shape index (κ2) is 8.30. The smallest absolute Gasteiger partial charge is 0.342 e. The molecule has 0 aliphatic heterocycles. The Labute approximate surface area is 167 Å². The minimum Gasteiger partial charge on any atom is -0.462 e. The molecule has 8 heteroatoms. The number of nitrogens with one attached hydrogen (secondary N) is 1. The lowest BCUT2D eigenvalue weighted by Crippen LogP contribution is -2.28. The third-order valence-corrected chi connectivity index (χ3v) is 4.51. The van der Waals surface area contributed by atoms with Crippen molar-refractivity contribution >= 4 is 28.7 Å². The molecule has 152 valence electrons. The van der Waals surface area contributed by atoms with Crippen molar-refractivity contribution in [1.82, 2.24) is 9.55 Å². The lowest BCUT2D eigenvalue weighted by atomic mass is 10.0. The van der Waals surface area contributed by atoms with E-state index in [-0.39, 0.29) is 41.5 Å². The van der Waals surface area contributed by atoms with Crippen LogP contribution in [0.25, 0.3) is 11.1 Å².